The van der Waals surface area contributed by atoms with E-state index in [1.165, 1.54) is 10.7 Å². The summed E-state index contributed by atoms with van der Waals surface area (Å²) >= 11 is 0. The molecule has 2 N–H and O–H groups in total. The van der Waals surface area contributed by atoms with Gasteiger partial charge in [0.1, 0.15) is 0 Å². The Labute approximate surface area is 198 Å². The van der Waals surface area contributed by atoms with E-state index in [-0.39, 0.29) is 41.3 Å². The Morgan fingerprint density at radius 1 is 1.03 bits per heavy atom. The van der Waals surface area contributed by atoms with Gasteiger partial charge in [0.05, 0.1) is 11.4 Å². The number of nitrogens with one attached hydrogen (secondary N) is 2. The third kappa shape index (κ3) is 7.01. The molecule has 2 aliphatic rings. The molecule has 33 heavy (non-hydrogen) atoms. The number of rotatable bonds is 8. The lowest BCUT2D eigenvalue weighted by atomic mass is 9.95. The van der Waals surface area contributed by atoms with Crippen LogP contribution in [0.15, 0.2) is 29.2 Å². The van der Waals surface area contributed by atoms with Crippen LogP contribution >= 0.6 is 0 Å². The molecule has 0 radical (unpaired) electrons. The molecule has 1 aromatic carbocycles. The monoisotopic (exact) mass is 478 g/mol. The third-order valence-electron chi connectivity index (χ3n) is 6.66. The highest BCUT2D eigenvalue weighted by Gasteiger charge is 2.29. The van der Waals surface area contributed by atoms with Crippen molar-refractivity contribution in [1.29, 1.82) is 0 Å². The number of piperidine rings is 1. The van der Waals surface area contributed by atoms with Gasteiger partial charge in [-0.3, -0.25) is 14.5 Å². The van der Waals surface area contributed by atoms with Crippen molar-refractivity contribution < 1.29 is 18.0 Å². The van der Waals surface area contributed by atoms with Crippen LogP contribution in [0.2, 0.25) is 0 Å². The van der Waals surface area contributed by atoms with Gasteiger partial charge in [0.15, 0.2) is 0 Å². The molecule has 9 heteroatoms. The summed E-state index contributed by atoms with van der Waals surface area (Å²) in [4.78, 5) is 26.9. The van der Waals surface area contributed by atoms with Crippen molar-refractivity contribution in [2.24, 2.45) is 5.92 Å². The predicted octanol–water partition coefficient (Wildman–Crippen LogP) is 2.81. The van der Waals surface area contributed by atoms with E-state index in [0.29, 0.717) is 18.8 Å². The summed E-state index contributed by atoms with van der Waals surface area (Å²) in [6, 6.07) is 6.59. The second-order valence-electron chi connectivity index (χ2n) is 9.60. The standard InChI is InChI=1S/C24H38N4O4S/c1-18(2)25-24(30)19-13-15-28(16-14-19)17-23(29)26-20-9-11-22(12-10-20)33(31,32)27(3)21-7-5-4-6-8-21/h9-12,18-19,21H,4-8,13-17H2,1-3H3,(H,25,30)(H,26,29). The van der Waals surface area contributed by atoms with Crippen LogP contribution < -0.4 is 10.6 Å². The van der Waals surface area contributed by atoms with Crippen LogP contribution in [0.5, 0.6) is 0 Å². The number of amides is 2. The minimum Gasteiger partial charge on any atom is -0.354 e. The highest BCUT2D eigenvalue weighted by atomic mass is 32.2. The molecule has 1 aliphatic heterocycles. The maximum Gasteiger partial charge on any atom is 0.243 e. The summed E-state index contributed by atoms with van der Waals surface area (Å²) in [7, 11) is -1.88. The van der Waals surface area contributed by atoms with Crippen molar-refractivity contribution in [3.63, 3.8) is 0 Å². The summed E-state index contributed by atoms with van der Waals surface area (Å²) in [6.45, 7) is 5.56. The topological polar surface area (TPSA) is 98.8 Å². The van der Waals surface area contributed by atoms with E-state index in [1.807, 2.05) is 18.7 Å². The van der Waals surface area contributed by atoms with Gasteiger partial charge in [-0.2, -0.15) is 4.31 Å². The molecule has 1 aromatic rings. The first-order valence-electron chi connectivity index (χ1n) is 12.1. The van der Waals surface area contributed by atoms with E-state index in [4.69, 9.17) is 0 Å². The Balaban J connectivity index is 1.49. The molecule has 2 amide bonds. The normalized spacial score (nSPS) is 19.1. The van der Waals surface area contributed by atoms with Gasteiger partial charge < -0.3 is 10.6 Å². The first kappa shape index (κ1) is 25.6. The number of carbonyl (C=O) groups excluding carboxylic acids is 2. The SMILES string of the molecule is CC(C)NC(=O)C1CCN(CC(=O)Nc2ccc(S(=O)(=O)N(C)C3CCCCC3)cc2)CC1. The molecule has 2 fully saturated rings. The lowest BCUT2D eigenvalue weighted by Crippen LogP contribution is -2.44. The van der Waals surface area contributed by atoms with Gasteiger partial charge in [0.25, 0.3) is 0 Å². The van der Waals surface area contributed by atoms with Gasteiger partial charge in [-0.05, 0) is 76.9 Å². The summed E-state index contributed by atoms with van der Waals surface area (Å²) < 4.78 is 27.4. The lowest BCUT2D eigenvalue weighted by Gasteiger charge is -2.31. The molecule has 184 valence electrons. The van der Waals surface area contributed by atoms with Crippen LogP contribution in [0, 0.1) is 5.92 Å². The van der Waals surface area contributed by atoms with Crippen LogP contribution in [0.1, 0.15) is 58.8 Å². The largest absolute Gasteiger partial charge is 0.354 e. The molecule has 0 atom stereocenters. The molecule has 0 bridgehead atoms. The molecule has 3 rings (SSSR count). The highest BCUT2D eigenvalue weighted by molar-refractivity contribution is 7.89. The maximum absolute atomic E-state index is 13.0. The van der Waals surface area contributed by atoms with Crippen molar-refractivity contribution in [3.8, 4) is 0 Å². The van der Waals surface area contributed by atoms with Gasteiger partial charge >= 0.3 is 0 Å². The first-order chi connectivity index (χ1) is 15.7. The molecule has 1 saturated carbocycles. The molecule has 0 spiro atoms. The van der Waals surface area contributed by atoms with E-state index < -0.39 is 10.0 Å². The number of likely N-dealkylation sites (tertiary alicyclic amines) is 1. The van der Waals surface area contributed by atoms with Crippen LogP contribution in [-0.4, -0.2) is 68.2 Å². The maximum atomic E-state index is 13.0. The van der Waals surface area contributed by atoms with E-state index in [9.17, 15) is 18.0 Å². The van der Waals surface area contributed by atoms with Gasteiger partial charge in [-0.25, -0.2) is 8.42 Å². The summed E-state index contributed by atoms with van der Waals surface area (Å²) in [5.74, 6) is -0.0405. The smallest absolute Gasteiger partial charge is 0.243 e. The summed E-state index contributed by atoms with van der Waals surface area (Å²) in [5, 5.41) is 5.81. The quantitative estimate of drug-likeness (QED) is 0.599. The van der Waals surface area contributed by atoms with Crippen molar-refractivity contribution >= 4 is 27.5 Å². The fraction of sp³-hybridized carbons (Fsp3) is 0.667. The predicted molar refractivity (Wildman–Crippen MR) is 129 cm³/mol. The fourth-order valence-electron chi connectivity index (χ4n) is 4.68. The third-order valence-corrected chi connectivity index (χ3v) is 8.58. The van der Waals surface area contributed by atoms with Gasteiger partial charge in [-0.1, -0.05) is 19.3 Å². The van der Waals surface area contributed by atoms with Crippen molar-refractivity contribution in [2.45, 2.75) is 75.8 Å². The number of hydrogen-bond donors (Lipinski definition) is 2. The van der Waals surface area contributed by atoms with Crippen molar-refractivity contribution in [2.75, 3.05) is 32.0 Å². The Morgan fingerprint density at radius 3 is 2.21 bits per heavy atom. The Hall–Kier alpha value is -1.97. The average Bonchev–Trinajstić information content (AvgIpc) is 2.79. The van der Waals surface area contributed by atoms with Gasteiger partial charge in [-0.15, -0.1) is 0 Å². The Kier molecular flexibility index (Phi) is 8.89. The van der Waals surface area contributed by atoms with Crippen molar-refractivity contribution in [1.82, 2.24) is 14.5 Å². The first-order valence-corrected chi connectivity index (χ1v) is 13.5. The number of hydrogen-bond acceptors (Lipinski definition) is 5. The van der Waals surface area contributed by atoms with Crippen LogP contribution in [-0.2, 0) is 19.6 Å². The Morgan fingerprint density at radius 2 is 1.64 bits per heavy atom. The molecule has 1 saturated heterocycles. The second-order valence-corrected chi connectivity index (χ2v) is 11.6. The van der Waals surface area contributed by atoms with Gasteiger partial charge in [0, 0.05) is 30.7 Å². The van der Waals surface area contributed by atoms with E-state index in [2.05, 4.69) is 10.6 Å². The van der Waals surface area contributed by atoms with Crippen molar-refractivity contribution in [3.05, 3.63) is 24.3 Å². The second kappa shape index (κ2) is 11.4. The molecule has 1 aliphatic carbocycles. The molecule has 1 heterocycles. The van der Waals surface area contributed by atoms with Crippen LogP contribution in [0.4, 0.5) is 5.69 Å². The van der Waals surface area contributed by atoms with Crippen LogP contribution in [0.3, 0.4) is 0 Å². The zero-order valence-corrected chi connectivity index (χ0v) is 20.9. The zero-order chi connectivity index (χ0) is 24.0. The number of sulfonamides is 1. The fourth-order valence-corrected chi connectivity index (χ4v) is 6.09. The minimum atomic E-state index is -3.55. The number of anilines is 1. The number of carbonyl (C=O) groups is 2. The summed E-state index contributed by atoms with van der Waals surface area (Å²) in [5.41, 5.74) is 0.575. The van der Waals surface area contributed by atoms with E-state index in [0.717, 1.165) is 38.5 Å². The number of nitrogens with zero attached hydrogens (tertiary/aromatic N) is 2. The van der Waals surface area contributed by atoms with Crippen LogP contribution in [0.25, 0.3) is 0 Å². The lowest BCUT2D eigenvalue weighted by molar-refractivity contribution is -0.127. The average molecular weight is 479 g/mol. The highest BCUT2D eigenvalue weighted by Crippen LogP contribution is 2.27. The summed E-state index contributed by atoms with van der Waals surface area (Å²) in [6.07, 6.45) is 6.60. The zero-order valence-electron chi connectivity index (χ0n) is 20.0. The Bertz CT molecular complexity index is 903. The molecular formula is C24H38N4O4S. The molecule has 0 aromatic heterocycles. The molecule has 8 nitrogen and oxygen atoms in total. The van der Waals surface area contributed by atoms with Gasteiger partial charge in [0.2, 0.25) is 21.8 Å². The minimum absolute atomic E-state index is 0.00736. The van der Waals surface area contributed by atoms with E-state index >= 15 is 0 Å². The molecule has 0 unspecified atom stereocenters. The molecular weight excluding hydrogens is 440 g/mol. The number of benzene rings is 1. The van der Waals surface area contributed by atoms with E-state index in [1.54, 1.807) is 31.3 Å².